The molecule has 3 aromatic rings. The molecule has 2 aromatic heterocycles. The van der Waals surface area contributed by atoms with E-state index in [4.69, 9.17) is 5.73 Å². The maximum Gasteiger partial charge on any atom is 0.257 e. The van der Waals surface area contributed by atoms with Gasteiger partial charge >= 0.3 is 0 Å². The molecule has 0 saturated heterocycles. The van der Waals surface area contributed by atoms with E-state index in [-0.39, 0.29) is 17.9 Å². The topological polar surface area (TPSA) is 92.3 Å². The van der Waals surface area contributed by atoms with Gasteiger partial charge in [-0.25, -0.2) is 9.37 Å². The number of carbonyl (C=O) groups is 1. The van der Waals surface area contributed by atoms with Gasteiger partial charge in [0.15, 0.2) is 0 Å². The van der Waals surface area contributed by atoms with Crippen molar-refractivity contribution in [2.75, 3.05) is 18.8 Å². The quantitative estimate of drug-likeness (QED) is 0.596. The lowest BCUT2D eigenvalue weighted by Gasteiger charge is -2.25. The summed E-state index contributed by atoms with van der Waals surface area (Å²) in [5, 5.41) is 9.52. The molecule has 1 amide bonds. The fourth-order valence-electron chi connectivity index (χ4n) is 3.64. The molecular weight excluding hydrogens is 419 g/mol. The molecule has 1 aliphatic rings. The Bertz CT molecular complexity index is 1290. The fraction of sp³-hybridized carbons (Fsp3) is 0.192. The molecule has 4 rings (SSSR count). The third kappa shape index (κ3) is 4.85. The summed E-state index contributed by atoms with van der Waals surface area (Å²) in [7, 11) is 0. The number of amides is 1. The van der Waals surface area contributed by atoms with E-state index in [9.17, 15) is 9.90 Å². The highest BCUT2D eigenvalue weighted by Crippen LogP contribution is 2.27. The van der Waals surface area contributed by atoms with Gasteiger partial charge < -0.3 is 15.7 Å². The number of aliphatic hydroxyl groups excluding tert-OH is 1. The van der Waals surface area contributed by atoms with Gasteiger partial charge in [-0.15, -0.1) is 0 Å². The first-order valence-corrected chi connectivity index (χ1v) is 10.6. The van der Waals surface area contributed by atoms with Crippen LogP contribution in [0.3, 0.4) is 0 Å². The number of nitrogen functional groups attached to an aromatic ring is 1. The van der Waals surface area contributed by atoms with Crippen molar-refractivity contribution < 1.29 is 14.3 Å². The highest BCUT2D eigenvalue weighted by Gasteiger charge is 2.22. The van der Waals surface area contributed by atoms with Crippen molar-refractivity contribution in [2.45, 2.75) is 19.8 Å². The molecule has 1 aromatic carbocycles. The van der Waals surface area contributed by atoms with E-state index >= 15 is 4.39 Å². The predicted molar refractivity (Wildman–Crippen MR) is 125 cm³/mol. The number of hydrogen-bond acceptors (Lipinski definition) is 5. The third-order valence-corrected chi connectivity index (χ3v) is 5.47. The van der Waals surface area contributed by atoms with Crippen LogP contribution in [0.25, 0.3) is 11.1 Å². The van der Waals surface area contributed by atoms with Gasteiger partial charge in [0.1, 0.15) is 11.6 Å². The van der Waals surface area contributed by atoms with E-state index < -0.39 is 11.7 Å². The van der Waals surface area contributed by atoms with Crippen molar-refractivity contribution in [3.05, 3.63) is 88.8 Å². The molecule has 0 unspecified atom stereocenters. The Kier molecular flexibility index (Phi) is 6.36. The molecule has 7 heteroatoms. The number of pyridine rings is 2. The number of halogens is 1. The van der Waals surface area contributed by atoms with E-state index in [1.54, 1.807) is 42.7 Å². The van der Waals surface area contributed by atoms with Crippen molar-refractivity contribution in [1.29, 1.82) is 0 Å². The van der Waals surface area contributed by atoms with Crippen molar-refractivity contribution >= 4 is 11.7 Å². The van der Waals surface area contributed by atoms with Gasteiger partial charge in [-0.2, -0.15) is 0 Å². The van der Waals surface area contributed by atoms with E-state index in [2.05, 4.69) is 21.8 Å². The summed E-state index contributed by atoms with van der Waals surface area (Å²) in [6.45, 7) is 2.59. The van der Waals surface area contributed by atoms with Gasteiger partial charge in [0.05, 0.1) is 22.6 Å². The standard InChI is InChI=1S/C26H23FN4O2/c1-2-24-21(6-3-17-4-8-25(28)30-16-17)20(9-12-29-24)18-5-7-22(23(27)15-18)26(33)31-13-10-19(32)11-14-31/h4-5,7-10,12,15-16,32H,2,11,13-14H2,1H3,(H2,28,30). The molecule has 0 fully saturated rings. The second-order valence-electron chi connectivity index (χ2n) is 7.65. The largest absolute Gasteiger partial charge is 0.513 e. The first kappa shape index (κ1) is 22.0. The predicted octanol–water partition coefficient (Wildman–Crippen LogP) is 4.11. The lowest BCUT2D eigenvalue weighted by Crippen LogP contribution is -2.35. The fourth-order valence-corrected chi connectivity index (χ4v) is 3.64. The van der Waals surface area contributed by atoms with Gasteiger partial charge in [-0.05, 0) is 48.4 Å². The number of rotatable bonds is 3. The number of carbonyl (C=O) groups excluding carboxylic acids is 1. The maximum absolute atomic E-state index is 15.0. The van der Waals surface area contributed by atoms with Gasteiger partial charge in [-0.3, -0.25) is 9.78 Å². The van der Waals surface area contributed by atoms with Crippen LogP contribution in [-0.4, -0.2) is 39.0 Å². The summed E-state index contributed by atoms with van der Waals surface area (Å²) in [6, 6.07) is 9.83. The molecule has 0 spiro atoms. The van der Waals surface area contributed by atoms with Gasteiger partial charge in [-0.1, -0.05) is 24.8 Å². The molecule has 166 valence electrons. The zero-order chi connectivity index (χ0) is 23.4. The number of aromatic nitrogens is 2. The molecule has 0 radical (unpaired) electrons. The minimum absolute atomic E-state index is 0.00102. The maximum atomic E-state index is 15.0. The Balaban J connectivity index is 1.69. The number of anilines is 1. The van der Waals surface area contributed by atoms with Crippen LogP contribution in [0.15, 0.2) is 60.6 Å². The molecule has 0 atom stereocenters. The van der Waals surface area contributed by atoms with Gasteiger partial charge in [0.2, 0.25) is 0 Å². The van der Waals surface area contributed by atoms with E-state index in [0.717, 1.165) is 11.3 Å². The smallest absolute Gasteiger partial charge is 0.257 e. The third-order valence-electron chi connectivity index (χ3n) is 5.47. The van der Waals surface area contributed by atoms with Crippen LogP contribution >= 0.6 is 0 Å². The molecule has 0 bridgehead atoms. The summed E-state index contributed by atoms with van der Waals surface area (Å²) in [4.78, 5) is 22.7. The average Bonchev–Trinajstić information content (AvgIpc) is 2.83. The number of nitrogens with zero attached hydrogens (tertiary/aromatic N) is 3. The molecule has 1 aliphatic heterocycles. The van der Waals surface area contributed by atoms with Crippen LogP contribution in [0, 0.1) is 17.7 Å². The summed E-state index contributed by atoms with van der Waals surface area (Å²) >= 11 is 0. The molecule has 3 N–H and O–H groups in total. The Morgan fingerprint density at radius 1 is 1.21 bits per heavy atom. The summed E-state index contributed by atoms with van der Waals surface area (Å²) in [6.07, 6.45) is 5.87. The molecule has 0 aliphatic carbocycles. The highest BCUT2D eigenvalue weighted by atomic mass is 19.1. The minimum atomic E-state index is -0.604. The zero-order valence-electron chi connectivity index (χ0n) is 18.2. The number of aliphatic hydroxyl groups is 1. The average molecular weight is 442 g/mol. The highest BCUT2D eigenvalue weighted by molar-refractivity contribution is 5.95. The Morgan fingerprint density at radius 3 is 2.73 bits per heavy atom. The SMILES string of the molecule is CCc1nccc(-c2ccc(C(=O)N3CC=C(O)CC3)c(F)c2)c1C#Cc1ccc(N)nc1. The molecular formula is C26H23FN4O2. The van der Waals surface area contributed by atoms with Crippen LogP contribution in [0.5, 0.6) is 0 Å². The van der Waals surface area contributed by atoms with Crippen LogP contribution < -0.4 is 5.73 Å². The van der Waals surface area contributed by atoms with Crippen molar-refractivity contribution in [2.24, 2.45) is 0 Å². The molecule has 0 saturated carbocycles. The van der Waals surface area contributed by atoms with E-state index in [0.29, 0.717) is 41.9 Å². The second-order valence-corrected chi connectivity index (χ2v) is 7.65. The zero-order valence-corrected chi connectivity index (χ0v) is 18.2. The monoisotopic (exact) mass is 442 g/mol. The van der Waals surface area contributed by atoms with Crippen LogP contribution in [0.4, 0.5) is 10.2 Å². The number of hydrogen-bond donors (Lipinski definition) is 2. The van der Waals surface area contributed by atoms with Gasteiger partial charge in [0.25, 0.3) is 5.91 Å². The summed E-state index contributed by atoms with van der Waals surface area (Å²) < 4.78 is 15.0. The van der Waals surface area contributed by atoms with Crippen LogP contribution in [-0.2, 0) is 6.42 Å². The Morgan fingerprint density at radius 2 is 2.06 bits per heavy atom. The Labute approximate surface area is 191 Å². The summed E-state index contributed by atoms with van der Waals surface area (Å²) in [5.74, 6) is 5.90. The lowest BCUT2D eigenvalue weighted by molar-refractivity contribution is 0.0755. The van der Waals surface area contributed by atoms with Crippen molar-refractivity contribution in [1.82, 2.24) is 14.9 Å². The van der Waals surface area contributed by atoms with E-state index in [1.807, 2.05) is 6.92 Å². The van der Waals surface area contributed by atoms with Crippen LogP contribution in [0.1, 0.15) is 40.5 Å². The lowest BCUT2D eigenvalue weighted by atomic mass is 9.96. The second kappa shape index (κ2) is 9.53. The number of benzene rings is 1. The van der Waals surface area contributed by atoms with Gasteiger partial charge in [0, 0.05) is 43.0 Å². The molecule has 3 heterocycles. The number of nitrogens with two attached hydrogens (primary N) is 1. The normalized spacial score (nSPS) is 13.2. The van der Waals surface area contributed by atoms with Crippen molar-refractivity contribution in [3.63, 3.8) is 0 Å². The summed E-state index contributed by atoms with van der Waals surface area (Å²) in [5.41, 5.74) is 9.18. The first-order chi connectivity index (χ1) is 16.0. The first-order valence-electron chi connectivity index (χ1n) is 10.6. The molecule has 33 heavy (non-hydrogen) atoms. The molecule has 6 nitrogen and oxygen atoms in total. The minimum Gasteiger partial charge on any atom is -0.513 e. The number of aryl methyl sites for hydroxylation is 1. The Hall–Kier alpha value is -4.18. The van der Waals surface area contributed by atoms with Crippen molar-refractivity contribution in [3.8, 4) is 23.0 Å². The van der Waals surface area contributed by atoms with Crippen LogP contribution in [0.2, 0.25) is 0 Å². The van der Waals surface area contributed by atoms with E-state index in [1.165, 1.54) is 17.0 Å².